The van der Waals surface area contributed by atoms with Gasteiger partial charge in [-0.3, -0.25) is 9.69 Å². The fourth-order valence-corrected chi connectivity index (χ4v) is 4.17. The number of nitrogens with zero attached hydrogens (tertiary/aromatic N) is 1. The lowest BCUT2D eigenvalue weighted by molar-refractivity contribution is -0.122. The molecule has 1 heterocycles. The van der Waals surface area contributed by atoms with Gasteiger partial charge in [-0.05, 0) is 19.8 Å². The smallest absolute Gasteiger partial charge is 0.236 e. The first kappa shape index (κ1) is 21.3. The summed E-state index contributed by atoms with van der Waals surface area (Å²) < 4.78 is 0. The molecule has 2 fully saturated rings. The van der Waals surface area contributed by atoms with E-state index < -0.39 is 6.04 Å². The highest BCUT2D eigenvalue weighted by atomic mass is 35.5. The molecular formula is C14H29Cl2N3OS. The van der Waals surface area contributed by atoms with Crippen LogP contribution < -0.4 is 11.1 Å². The topological polar surface area (TPSA) is 58.4 Å². The lowest BCUT2D eigenvalue weighted by Crippen LogP contribution is -2.59. The Morgan fingerprint density at radius 2 is 1.81 bits per heavy atom. The molecule has 126 valence electrons. The number of halogens is 2. The van der Waals surface area contributed by atoms with Crippen molar-refractivity contribution < 1.29 is 4.79 Å². The highest BCUT2D eigenvalue weighted by Crippen LogP contribution is 2.34. The van der Waals surface area contributed by atoms with Crippen LogP contribution in [-0.2, 0) is 4.79 Å². The van der Waals surface area contributed by atoms with Gasteiger partial charge in [-0.15, -0.1) is 24.8 Å². The highest BCUT2D eigenvalue weighted by Gasteiger charge is 2.38. The summed E-state index contributed by atoms with van der Waals surface area (Å²) in [5, 5.41) is 3.08. The second-order valence-corrected chi connectivity index (χ2v) is 7.12. The van der Waals surface area contributed by atoms with E-state index in [4.69, 9.17) is 5.73 Å². The molecular weight excluding hydrogens is 329 g/mol. The molecule has 1 aliphatic carbocycles. The molecule has 1 atom stereocenters. The molecule has 0 aromatic carbocycles. The summed E-state index contributed by atoms with van der Waals surface area (Å²) in [4.78, 5) is 14.4. The summed E-state index contributed by atoms with van der Waals surface area (Å²) in [5.41, 5.74) is 5.84. The zero-order valence-electron chi connectivity index (χ0n) is 12.8. The number of amides is 1. The molecule has 2 rings (SSSR count). The van der Waals surface area contributed by atoms with Crippen molar-refractivity contribution in [2.75, 3.05) is 31.1 Å². The van der Waals surface area contributed by atoms with Crippen LogP contribution in [-0.4, -0.2) is 53.5 Å². The van der Waals surface area contributed by atoms with E-state index in [-0.39, 0.29) is 36.3 Å². The van der Waals surface area contributed by atoms with Gasteiger partial charge in [-0.2, -0.15) is 11.8 Å². The second kappa shape index (κ2) is 10.2. The number of carbonyl (C=O) groups is 1. The molecule has 0 bridgehead atoms. The maximum Gasteiger partial charge on any atom is 0.236 e. The van der Waals surface area contributed by atoms with Crippen LogP contribution in [0, 0.1) is 0 Å². The van der Waals surface area contributed by atoms with Gasteiger partial charge in [0.1, 0.15) is 0 Å². The zero-order chi connectivity index (χ0) is 13.7. The minimum absolute atomic E-state index is 0. The van der Waals surface area contributed by atoms with E-state index >= 15 is 0 Å². The summed E-state index contributed by atoms with van der Waals surface area (Å²) in [6.45, 7) is 4.86. The van der Waals surface area contributed by atoms with E-state index in [0.29, 0.717) is 0 Å². The summed E-state index contributed by atoms with van der Waals surface area (Å²) >= 11 is 2.04. The molecule has 1 amide bonds. The maximum atomic E-state index is 11.8. The van der Waals surface area contributed by atoms with Crippen LogP contribution >= 0.6 is 36.6 Å². The van der Waals surface area contributed by atoms with Gasteiger partial charge in [0.25, 0.3) is 0 Å². The van der Waals surface area contributed by atoms with Crippen LogP contribution in [0.1, 0.15) is 39.0 Å². The molecule has 21 heavy (non-hydrogen) atoms. The molecule has 1 saturated carbocycles. The Bertz CT molecular complexity index is 307. The maximum absolute atomic E-state index is 11.8. The van der Waals surface area contributed by atoms with Crippen LogP contribution in [0.25, 0.3) is 0 Å². The zero-order valence-corrected chi connectivity index (χ0v) is 15.3. The number of thioether (sulfide) groups is 1. The first-order valence-electron chi connectivity index (χ1n) is 7.50. The summed E-state index contributed by atoms with van der Waals surface area (Å²) in [6, 6.07) is -0.405. The van der Waals surface area contributed by atoms with E-state index in [1.54, 1.807) is 6.92 Å². The van der Waals surface area contributed by atoms with Gasteiger partial charge < -0.3 is 11.1 Å². The molecule has 3 N–H and O–H groups in total. The molecule has 0 aromatic heterocycles. The van der Waals surface area contributed by atoms with Crippen molar-refractivity contribution in [1.29, 1.82) is 0 Å². The minimum Gasteiger partial charge on any atom is -0.353 e. The Morgan fingerprint density at radius 3 is 2.33 bits per heavy atom. The molecule has 7 heteroatoms. The number of carbonyl (C=O) groups excluding carboxylic acids is 1. The van der Waals surface area contributed by atoms with Crippen molar-refractivity contribution >= 4 is 42.5 Å². The van der Waals surface area contributed by atoms with Gasteiger partial charge in [0.15, 0.2) is 0 Å². The Kier molecular flexibility index (Phi) is 10.3. The van der Waals surface area contributed by atoms with Crippen LogP contribution in [0.3, 0.4) is 0 Å². The van der Waals surface area contributed by atoms with Crippen molar-refractivity contribution in [2.45, 2.75) is 50.6 Å². The first-order valence-corrected chi connectivity index (χ1v) is 8.66. The van der Waals surface area contributed by atoms with Crippen molar-refractivity contribution in [2.24, 2.45) is 5.73 Å². The Morgan fingerprint density at radius 1 is 1.24 bits per heavy atom. The van der Waals surface area contributed by atoms with Crippen molar-refractivity contribution in [1.82, 2.24) is 10.2 Å². The lowest BCUT2D eigenvalue weighted by Gasteiger charge is -2.48. The van der Waals surface area contributed by atoms with Crippen molar-refractivity contribution in [3.63, 3.8) is 0 Å². The van der Waals surface area contributed by atoms with E-state index in [1.807, 2.05) is 11.8 Å². The number of rotatable bonds is 4. The number of hydrogen-bond donors (Lipinski definition) is 2. The molecule has 1 saturated heterocycles. The predicted molar refractivity (Wildman–Crippen MR) is 95.9 cm³/mol. The molecule has 0 radical (unpaired) electrons. The molecule has 4 nitrogen and oxygen atoms in total. The van der Waals surface area contributed by atoms with Gasteiger partial charge in [0.2, 0.25) is 5.91 Å². The van der Waals surface area contributed by atoms with Crippen LogP contribution in [0.5, 0.6) is 0 Å². The van der Waals surface area contributed by atoms with Gasteiger partial charge in [-0.1, -0.05) is 19.3 Å². The van der Waals surface area contributed by atoms with E-state index in [9.17, 15) is 4.79 Å². The van der Waals surface area contributed by atoms with Crippen molar-refractivity contribution in [3.8, 4) is 0 Å². The number of nitrogens with two attached hydrogens (primary N) is 1. The van der Waals surface area contributed by atoms with Gasteiger partial charge in [0.05, 0.1) is 6.04 Å². The first-order chi connectivity index (χ1) is 9.14. The van der Waals surface area contributed by atoms with Gasteiger partial charge >= 0.3 is 0 Å². The van der Waals surface area contributed by atoms with Gasteiger partial charge in [-0.25, -0.2) is 0 Å². The lowest BCUT2D eigenvalue weighted by atomic mass is 9.80. The van der Waals surface area contributed by atoms with E-state index in [0.717, 1.165) is 6.54 Å². The van der Waals surface area contributed by atoms with Crippen LogP contribution in [0.15, 0.2) is 0 Å². The Balaban J connectivity index is 0.00000200. The average Bonchev–Trinajstić information content (AvgIpc) is 2.46. The predicted octanol–water partition coefficient (Wildman–Crippen LogP) is 2.05. The largest absolute Gasteiger partial charge is 0.353 e. The summed E-state index contributed by atoms with van der Waals surface area (Å²) in [6.07, 6.45) is 6.36. The fourth-order valence-electron chi connectivity index (χ4n) is 3.27. The van der Waals surface area contributed by atoms with E-state index in [1.165, 1.54) is 56.7 Å². The average molecular weight is 358 g/mol. The van der Waals surface area contributed by atoms with Gasteiger partial charge in [0, 0.05) is 36.7 Å². The normalized spacial score (nSPS) is 23.3. The third kappa shape index (κ3) is 5.79. The molecule has 0 spiro atoms. The quantitative estimate of drug-likeness (QED) is 0.808. The van der Waals surface area contributed by atoms with E-state index in [2.05, 4.69) is 10.2 Å². The third-order valence-corrected chi connectivity index (χ3v) is 5.41. The summed E-state index contributed by atoms with van der Waals surface area (Å²) in [7, 11) is 0. The molecule has 0 unspecified atom stereocenters. The standard InChI is InChI=1S/C14H27N3OS.2ClH/c1-12(15)13(18)16-11-14(5-3-2-4-6-14)17-7-9-19-10-8-17;;/h12H,2-11,15H2,1H3,(H,16,18);2*1H/t12-;;/m1../s1. The number of nitrogens with one attached hydrogen (secondary N) is 1. The van der Waals surface area contributed by atoms with Crippen LogP contribution in [0.4, 0.5) is 0 Å². The molecule has 1 aliphatic heterocycles. The molecule has 2 aliphatic rings. The Labute approximate surface area is 145 Å². The highest BCUT2D eigenvalue weighted by molar-refractivity contribution is 7.99. The summed E-state index contributed by atoms with van der Waals surface area (Å²) in [5.74, 6) is 2.43. The van der Waals surface area contributed by atoms with Crippen molar-refractivity contribution in [3.05, 3.63) is 0 Å². The molecule has 0 aromatic rings. The number of hydrogen-bond acceptors (Lipinski definition) is 4. The fraction of sp³-hybridized carbons (Fsp3) is 0.929. The third-order valence-electron chi connectivity index (χ3n) is 4.47. The SMILES string of the molecule is C[C@@H](N)C(=O)NCC1(N2CCSCC2)CCCCC1.Cl.Cl. The Hall–Kier alpha value is 0.320. The van der Waals surface area contributed by atoms with Crippen LogP contribution in [0.2, 0.25) is 0 Å². The monoisotopic (exact) mass is 357 g/mol. The second-order valence-electron chi connectivity index (χ2n) is 5.89. The minimum atomic E-state index is -0.405.